The van der Waals surface area contributed by atoms with Gasteiger partial charge in [-0.2, -0.15) is 17.7 Å². The van der Waals surface area contributed by atoms with Crippen LogP contribution in [0.1, 0.15) is 131 Å². The van der Waals surface area contributed by atoms with Crippen LogP contribution in [0.5, 0.6) is 6.01 Å². The summed E-state index contributed by atoms with van der Waals surface area (Å²) in [5, 5.41) is 5.75. The lowest BCUT2D eigenvalue weighted by Gasteiger charge is -2.29. The van der Waals surface area contributed by atoms with Gasteiger partial charge in [-0.1, -0.05) is 61.7 Å². The van der Waals surface area contributed by atoms with Crippen molar-refractivity contribution in [2.45, 2.75) is 149 Å². The molecule has 1 saturated heterocycles. The number of imidazole rings is 1. The van der Waals surface area contributed by atoms with Gasteiger partial charge >= 0.3 is 16.3 Å². The summed E-state index contributed by atoms with van der Waals surface area (Å²) >= 11 is 1.77. The smallest absolute Gasteiger partial charge is 0.408 e. The number of aromatic nitrogens is 2. The summed E-state index contributed by atoms with van der Waals surface area (Å²) in [6.07, 6.45) is 9.12. The molecule has 15 nitrogen and oxygen atoms in total. The molecule has 0 radical (unpaired) electrons. The number of rotatable bonds is 12. The van der Waals surface area contributed by atoms with E-state index in [1.807, 2.05) is 27.5 Å². The van der Waals surface area contributed by atoms with Crippen molar-refractivity contribution in [1.29, 1.82) is 0 Å². The van der Waals surface area contributed by atoms with Gasteiger partial charge < -0.3 is 25.0 Å². The van der Waals surface area contributed by atoms with Crippen molar-refractivity contribution in [3.63, 3.8) is 0 Å². The first-order valence-corrected chi connectivity index (χ1v) is 24.0. The second-order valence-electron chi connectivity index (χ2n) is 17.6. The molecule has 2 aromatic rings. The molecule has 3 atom stereocenters. The second-order valence-corrected chi connectivity index (χ2v) is 20.8. The molecular formula is C45H65N7O8S2. The Kier molecular flexibility index (Phi) is 16.6. The van der Waals surface area contributed by atoms with Crippen LogP contribution in [0.3, 0.4) is 0 Å². The second kappa shape index (κ2) is 21.2. The van der Waals surface area contributed by atoms with E-state index in [4.69, 9.17) is 14.5 Å². The van der Waals surface area contributed by atoms with E-state index in [2.05, 4.69) is 56.2 Å². The fraction of sp³-hybridized carbons (Fsp3) is 0.600. The third-order valence-corrected chi connectivity index (χ3v) is 13.6. The quantitative estimate of drug-likeness (QED) is 0.183. The van der Waals surface area contributed by atoms with E-state index in [0.29, 0.717) is 30.8 Å². The van der Waals surface area contributed by atoms with Crippen LogP contribution in [-0.2, 0) is 29.3 Å². The molecule has 0 spiro atoms. The topological polar surface area (TPSA) is 181 Å². The van der Waals surface area contributed by atoms with Crippen LogP contribution in [0.25, 0.3) is 15.9 Å². The number of nitrogens with one attached hydrogen (secondary N) is 3. The number of alkyl carbamates (subject to hydrolysis) is 1. The molecule has 340 valence electrons. The normalized spacial score (nSPS) is 21.0. The first kappa shape index (κ1) is 48.5. The van der Waals surface area contributed by atoms with Gasteiger partial charge in [-0.3, -0.25) is 19.0 Å². The monoisotopic (exact) mass is 895 g/mol. The number of hydrogen-bond donors (Lipinski definition) is 3. The van der Waals surface area contributed by atoms with Gasteiger partial charge in [0, 0.05) is 50.0 Å². The highest BCUT2D eigenvalue weighted by Gasteiger charge is 2.44. The predicted molar refractivity (Wildman–Crippen MR) is 243 cm³/mol. The van der Waals surface area contributed by atoms with E-state index in [1.165, 1.54) is 29.5 Å². The number of thioether (sulfide) groups is 1. The molecule has 0 saturated carbocycles. The van der Waals surface area contributed by atoms with Crippen LogP contribution in [0, 0.1) is 0 Å². The van der Waals surface area contributed by atoms with E-state index in [9.17, 15) is 27.6 Å². The molecule has 4 amide bonds. The molecule has 4 heterocycles. The number of ether oxygens (including phenoxy) is 2. The number of benzene rings is 1. The van der Waals surface area contributed by atoms with Gasteiger partial charge in [0.15, 0.2) is 0 Å². The van der Waals surface area contributed by atoms with Gasteiger partial charge in [0.25, 0.3) is 6.01 Å². The van der Waals surface area contributed by atoms with Gasteiger partial charge in [-0.25, -0.2) is 9.52 Å². The largest absolute Gasteiger partial charge is 0.459 e. The van der Waals surface area contributed by atoms with E-state index in [1.54, 1.807) is 32.5 Å². The van der Waals surface area contributed by atoms with E-state index in [0.717, 1.165) is 57.9 Å². The molecule has 0 aliphatic carbocycles. The molecular weight excluding hydrogens is 831 g/mol. The maximum Gasteiger partial charge on any atom is 0.408 e. The number of hydrogen-bond acceptors (Lipinski definition) is 10. The Labute approximate surface area is 371 Å². The van der Waals surface area contributed by atoms with E-state index < -0.39 is 57.8 Å². The van der Waals surface area contributed by atoms with Crippen LogP contribution >= 0.6 is 11.8 Å². The first-order valence-electron chi connectivity index (χ1n) is 21.8. The van der Waals surface area contributed by atoms with Crippen molar-refractivity contribution in [3.05, 3.63) is 57.7 Å². The van der Waals surface area contributed by atoms with Crippen molar-refractivity contribution in [2.24, 2.45) is 0 Å². The fourth-order valence-electron chi connectivity index (χ4n) is 7.75. The van der Waals surface area contributed by atoms with Crippen LogP contribution in [0.2, 0.25) is 0 Å². The minimum absolute atomic E-state index is 0.0150. The number of allylic oxidation sites excluding steroid dienone is 3. The SMILES string of the molecule is CCCC1=C(C)SC(c2cccc3c2nc(O[C@@H]2C[C@H]4C(=O)NCC(CCC(=O)NS(=O)(=O)N(C)C)=C=CCCCCC[C@H](NC(=O)OC(C)(C)C)C(=O)N4C2)n3C(C)C)=CC1. The molecule has 1 aromatic carbocycles. The Hall–Kier alpha value is -4.57. The fourth-order valence-corrected chi connectivity index (χ4v) is 9.43. The zero-order chi connectivity index (χ0) is 45.4. The molecule has 1 aromatic heterocycles. The van der Waals surface area contributed by atoms with Crippen molar-refractivity contribution < 1.29 is 37.1 Å². The lowest BCUT2D eigenvalue weighted by molar-refractivity contribution is -0.140. The Bertz CT molecular complexity index is 2230. The third-order valence-electron chi connectivity index (χ3n) is 10.9. The average Bonchev–Trinajstić information content (AvgIpc) is 3.78. The third kappa shape index (κ3) is 12.8. The number of nitrogens with zero attached hydrogens (tertiary/aromatic N) is 4. The summed E-state index contributed by atoms with van der Waals surface area (Å²) in [5.41, 5.74) is 7.23. The first-order chi connectivity index (χ1) is 29.3. The highest BCUT2D eigenvalue weighted by atomic mass is 32.2. The van der Waals surface area contributed by atoms with Gasteiger partial charge in [0.1, 0.15) is 29.3 Å². The van der Waals surface area contributed by atoms with Crippen LogP contribution in [-0.4, -0.2) is 102 Å². The Morgan fingerprint density at radius 1 is 1.13 bits per heavy atom. The molecule has 62 heavy (non-hydrogen) atoms. The van der Waals surface area contributed by atoms with Crippen molar-refractivity contribution in [2.75, 3.05) is 27.2 Å². The number of amides is 4. The lowest BCUT2D eigenvalue weighted by Crippen LogP contribution is -2.54. The number of fused-ring (bicyclic) bond motifs is 2. The van der Waals surface area contributed by atoms with Crippen LogP contribution < -0.4 is 20.1 Å². The van der Waals surface area contributed by atoms with E-state index >= 15 is 0 Å². The predicted octanol–water partition coefficient (Wildman–Crippen LogP) is 7.28. The summed E-state index contributed by atoms with van der Waals surface area (Å²) < 4.78 is 41.8. The molecule has 0 unspecified atom stereocenters. The van der Waals surface area contributed by atoms with Gasteiger partial charge in [-0.05, 0) is 103 Å². The van der Waals surface area contributed by atoms with Gasteiger partial charge in [0.05, 0.1) is 12.1 Å². The molecule has 1 fully saturated rings. The van der Waals surface area contributed by atoms with Crippen molar-refractivity contribution in [3.8, 4) is 6.01 Å². The molecule has 5 rings (SSSR count). The Morgan fingerprint density at radius 3 is 2.56 bits per heavy atom. The zero-order valence-corrected chi connectivity index (χ0v) is 39.4. The van der Waals surface area contributed by atoms with Crippen molar-refractivity contribution in [1.82, 2.24) is 34.1 Å². The Balaban J connectivity index is 1.44. The summed E-state index contributed by atoms with van der Waals surface area (Å²) in [6.45, 7) is 13.8. The molecule has 0 bridgehead atoms. The number of carbonyl (C=O) groups is 4. The molecule has 3 aliphatic rings. The lowest BCUT2D eigenvalue weighted by atomic mass is 10.0. The summed E-state index contributed by atoms with van der Waals surface area (Å²) in [7, 11) is -1.31. The van der Waals surface area contributed by atoms with Gasteiger partial charge in [0.2, 0.25) is 17.7 Å². The summed E-state index contributed by atoms with van der Waals surface area (Å²) in [4.78, 5) is 63.6. The minimum atomic E-state index is -3.96. The van der Waals surface area contributed by atoms with E-state index in [-0.39, 0.29) is 38.4 Å². The number of carbonyl (C=O) groups excluding carboxylic acids is 4. The highest BCUT2D eigenvalue weighted by molar-refractivity contribution is 8.11. The molecule has 3 N–H and O–H groups in total. The standard InChI is InChI=1S/C45H65N7O8S2/c1-10-17-32-23-24-38(61-30(32)4)34-19-16-21-36-40(34)48-43(52(36)29(2)3)59-33-26-37-41(54)46-27-31(22-25-39(53)49-62(57,58)50(8)9)18-14-12-11-13-15-20-35(42(55)51(37)28-33)47-44(56)60-45(5,6)7/h14,16,19,21,24,29,33,35,37H,10-13,15,17,20,22-23,25-28H2,1-9H3,(H,46,54)(H,47,56)(H,49,53)/t18?,33-,35+,37+/m1/s1. The minimum Gasteiger partial charge on any atom is -0.459 e. The molecule has 3 aliphatic heterocycles. The van der Waals surface area contributed by atoms with Crippen LogP contribution in [0.4, 0.5) is 4.79 Å². The summed E-state index contributed by atoms with van der Waals surface area (Å²) in [5.74, 6) is -1.55. The molecule has 17 heteroatoms. The van der Waals surface area contributed by atoms with Crippen molar-refractivity contribution >= 4 is 61.7 Å². The maximum absolute atomic E-state index is 14.6. The van der Waals surface area contributed by atoms with Crippen LogP contribution in [0.15, 0.2) is 52.1 Å². The zero-order valence-electron chi connectivity index (χ0n) is 37.8. The average molecular weight is 896 g/mol. The Morgan fingerprint density at radius 2 is 1.89 bits per heavy atom. The van der Waals surface area contributed by atoms with Gasteiger partial charge in [-0.15, -0.1) is 5.73 Å². The summed E-state index contributed by atoms with van der Waals surface area (Å²) in [6, 6.07) is 4.59. The highest BCUT2D eigenvalue weighted by Crippen LogP contribution is 2.44. The number of para-hydroxylation sites is 1. The maximum atomic E-state index is 14.6.